The predicted molar refractivity (Wildman–Crippen MR) is 109 cm³/mol. The number of rotatable bonds is 6. The molecule has 144 valence electrons. The van der Waals surface area contributed by atoms with Crippen LogP contribution in [0.5, 0.6) is 0 Å². The van der Waals surface area contributed by atoms with Crippen LogP contribution in [0, 0.1) is 0 Å². The lowest BCUT2D eigenvalue weighted by atomic mass is 10.1. The molecule has 3 rings (SSSR count). The summed E-state index contributed by atoms with van der Waals surface area (Å²) in [6.45, 7) is 1.89. The first-order valence-electron chi connectivity index (χ1n) is 8.69. The molecule has 1 unspecified atom stereocenters. The first kappa shape index (κ1) is 19.9. The lowest BCUT2D eigenvalue weighted by Crippen LogP contribution is -2.31. The number of anilines is 1. The number of sulfonamides is 1. The van der Waals surface area contributed by atoms with Gasteiger partial charge < -0.3 is 10.6 Å². The Balaban J connectivity index is 1.62. The van der Waals surface area contributed by atoms with Crippen molar-refractivity contribution in [1.29, 1.82) is 0 Å². The van der Waals surface area contributed by atoms with Crippen molar-refractivity contribution in [1.82, 2.24) is 9.62 Å². The van der Waals surface area contributed by atoms with Gasteiger partial charge in [-0.25, -0.2) is 13.2 Å². The van der Waals surface area contributed by atoms with E-state index < -0.39 is 10.0 Å². The molecule has 0 aromatic heterocycles. The molecule has 0 aliphatic heterocycles. The van der Waals surface area contributed by atoms with Gasteiger partial charge in [0.15, 0.2) is 0 Å². The smallest absolute Gasteiger partial charge is 0.319 e. The standard InChI is InChI=1S/C19H22BrN3O3S/c1-13(17-5-3-4-6-18(17)20)21-19(24)22-14-7-11-16(12-8-14)27(25,26)23(2)15-9-10-15/h3-8,11-13,15H,9-10H2,1-2H3,(H2,21,22,24). The van der Waals surface area contributed by atoms with E-state index in [1.807, 2.05) is 31.2 Å². The van der Waals surface area contributed by atoms with E-state index in [0.717, 1.165) is 22.9 Å². The van der Waals surface area contributed by atoms with Crippen molar-refractivity contribution in [2.24, 2.45) is 0 Å². The zero-order chi connectivity index (χ0) is 19.6. The van der Waals surface area contributed by atoms with Crippen LogP contribution in [0.4, 0.5) is 10.5 Å². The number of hydrogen-bond acceptors (Lipinski definition) is 3. The maximum atomic E-state index is 12.5. The SMILES string of the molecule is CC(NC(=O)Nc1ccc(S(=O)(=O)N(C)C2CC2)cc1)c1ccccc1Br. The number of hydrogen-bond donors (Lipinski definition) is 2. The minimum atomic E-state index is -3.48. The Morgan fingerprint density at radius 3 is 2.37 bits per heavy atom. The lowest BCUT2D eigenvalue weighted by molar-refractivity contribution is 0.249. The normalized spacial score (nSPS) is 15.4. The maximum absolute atomic E-state index is 12.5. The third-order valence-corrected chi connectivity index (χ3v) is 7.22. The number of halogens is 1. The summed E-state index contributed by atoms with van der Waals surface area (Å²) in [6.07, 6.45) is 1.82. The molecular weight excluding hydrogens is 430 g/mol. The van der Waals surface area contributed by atoms with Crippen molar-refractivity contribution in [3.05, 3.63) is 58.6 Å². The fourth-order valence-corrected chi connectivity index (χ4v) is 4.82. The molecule has 1 fully saturated rings. The molecule has 0 bridgehead atoms. The average molecular weight is 452 g/mol. The van der Waals surface area contributed by atoms with Gasteiger partial charge in [-0.1, -0.05) is 34.1 Å². The quantitative estimate of drug-likeness (QED) is 0.693. The predicted octanol–water partition coefficient (Wildman–Crippen LogP) is 4.11. The summed E-state index contributed by atoms with van der Waals surface area (Å²) in [6, 6.07) is 13.5. The number of carbonyl (C=O) groups excluding carboxylic acids is 1. The molecule has 0 heterocycles. The van der Waals surface area contributed by atoms with Crippen LogP contribution < -0.4 is 10.6 Å². The molecular formula is C19H22BrN3O3S. The summed E-state index contributed by atoms with van der Waals surface area (Å²) >= 11 is 3.47. The van der Waals surface area contributed by atoms with E-state index in [0.29, 0.717) is 5.69 Å². The third kappa shape index (κ3) is 4.69. The highest BCUT2D eigenvalue weighted by atomic mass is 79.9. The molecule has 1 aliphatic rings. The van der Waals surface area contributed by atoms with Crippen LogP contribution in [0.2, 0.25) is 0 Å². The Kier molecular flexibility index (Phi) is 5.88. The summed E-state index contributed by atoms with van der Waals surface area (Å²) in [4.78, 5) is 12.5. The van der Waals surface area contributed by atoms with E-state index in [1.165, 1.54) is 16.4 Å². The molecule has 1 saturated carbocycles. The minimum absolute atomic E-state index is 0.109. The van der Waals surface area contributed by atoms with Gasteiger partial charge >= 0.3 is 6.03 Å². The molecule has 0 radical (unpaired) electrons. The van der Waals surface area contributed by atoms with Crippen LogP contribution in [-0.2, 0) is 10.0 Å². The first-order valence-corrected chi connectivity index (χ1v) is 10.9. The average Bonchev–Trinajstić information content (AvgIpc) is 3.46. The van der Waals surface area contributed by atoms with Crippen LogP contribution >= 0.6 is 15.9 Å². The molecule has 27 heavy (non-hydrogen) atoms. The lowest BCUT2D eigenvalue weighted by Gasteiger charge is -2.17. The largest absolute Gasteiger partial charge is 0.331 e. The van der Waals surface area contributed by atoms with E-state index in [9.17, 15) is 13.2 Å². The molecule has 6 nitrogen and oxygen atoms in total. The van der Waals surface area contributed by atoms with Gasteiger partial charge in [-0.3, -0.25) is 0 Å². The van der Waals surface area contributed by atoms with Gasteiger partial charge in [0.2, 0.25) is 10.0 Å². The fourth-order valence-electron chi connectivity index (χ4n) is 2.78. The van der Waals surface area contributed by atoms with Crippen LogP contribution in [0.1, 0.15) is 31.4 Å². The summed E-state index contributed by atoms with van der Waals surface area (Å²) in [5.74, 6) is 0. The number of nitrogens with one attached hydrogen (secondary N) is 2. The molecule has 2 aromatic rings. The third-order valence-electron chi connectivity index (χ3n) is 4.57. The molecule has 0 saturated heterocycles. The molecule has 2 N–H and O–H groups in total. The summed E-state index contributed by atoms with van der Waals surface area (Å²) in [5.41, 5.74) is 1.50. The molecule has 2 aromatic carbocycles. The first-order chi connectivity index (χ1) is 12.8. The minimum Gasteiger partial charge on any atom is -0.331 e. The van der Waals surface area contributed by atoms with E-state index in [-0.39, 0.29) is 23.0 Å². The van der Waals surface area contributed by atoms with Crippen LogP contribution in [0.25, 0.3) is 0 Å². The van der Waals surface area contributed by atoms with Gasteiger partial charge in [-0.2, -0.15) is 4.31 Å². The second kappa shape index (κ2) is 8.00. The zero-order valence-electron chi connectivity index (χ0n) is 15.1. The highest BCUT2D eigenvalue weighted by Gasteiger charge is 2.34. The number of benzene rings is 2. The Morgan fingerprint density at radius 1 is 1.15 bits per heavy atom. The van der Waals surface area contributed by atoms with Crippen molar-refractivity contribution in [3.63, 3.8) is 0 Å². The number of urea groups is 1. The van der Waals surface area contributed by atoms with Crippen molar-refractivity contribution < 1.29 is 13.2 Å². The fraction of sp³-hybridized carbons (Fsp3) is 0.316. The molecule has 1 aliphatic carbocycles. The summed E-state index contributed by atoms with van der Waals surface area (Å²) in [7, 11) is -1.87. The monoisotopic (exact) mass is 451 g/mol. The Labute approximate surface area is 168 Å². The van der Waals surface area contributed by atoms with Gasteiger partial charge in [0.25, 0.3) is 0 Å². The van der Waals surface area contributed by atoms with Gasteiger partial charge in [0.1, 0.15) is 0 Å². The van der Waals surface area contributed by atoms with Gasteiger partial charge in [0, 0.05) is 23.2 Å². The molecule has 8 heteroatoms. The Hall–Kier alpha value is -1.90. The molecule has 2 amide bonds. The van der Waals surface area contributed by atoms with E-state index in [2.05, 4.69) is 26.6 Å². The van der Waals surface area contributed by atoms with Crippen molar-refractivity contribution in [2.45, 2.75) is 36.7 Å². The van der Waals surface area contributed by atoms with E-state index in [1.54, 1.807) is 19.2 Å². The van der Waals surface area contributed by atoms with Gasteiger partial charge in [-0.15, -0.1) is 0 Å². The van der Waals surface area contributed by atoms with Gasteiger partial charge in [0.05, 0.1) is 10.9 Å². The zero-order valence-corrected chi connectivity index (χ0v) is 17.5. The summed E-state index contributed by atoms with van der Waals surface area (Å²) < 4.78 is 27.3. The van der Waals surface area contributed by atoms with Crippen molar-refractivity contribution in [2.75, 3.05) is 12.4 Å². The number of carbonyl (C=O) groups is 1. The Morgan fingerprint density at radius 2 is 1.78 bits per heavy atom. The highest BCUT2D eigenvalue weighted by Crippen LogP contribution is 2.30. The van der Waals surface area contributed by atoms with Crippen LogP contribution in [0.3, 0.4) is 0 Å². The number of amides is 2. The number of nitrogens with zero attached hydrogens (tertiary/aromatic N) is 1. The second-order valence-electron chi connectivity index (χ2n) is 6.62. The van der Waals surface area contributed by atoms with Crippen LogP contribution in [0.15, 0.2) is 57.9 Å². The molecule has 1 atom stereocenters. The van der Waals surface area contributed by atoms with E-state index in [4.69, 9.17) is 0 Å². The maximum Gasteiger partial charge on any atom is 0.319 e. The summed E-state index contributed by atoms with van der Waals surface area (Å²) in [5, 5.41) is 5.60. The van der Waals surface area contributed by atoms with Gasteiger partial charge in [-0.05, 0) is 55.7 Å². The molecule has 0 spiro atoms. The topological polar surface area (TPSA) is 78.5 Å². The van der Waals surface area contributed by atoms with Crippen molar-refractivity contribution >= 4 is 37.7 Å². The van der Waals surface area contributed by atoms with Crippen LogP contribution in [-0.4, -0.2) is 31.8 Å². The second-order valence-corrected chi connectivity index (χ2v) is 9.47. The van der Waals surface area contributed by atoms with Crippen molar-refractivity contribution in [3.8, 4) is 0 Å². The Bertz CT molecular complexity index is 927. The highest BCUT2D eigenvalue weighted by molar-refractivity contribution is 9.10. The van der Waals surface area contributed by atoms with E-state index >= 15 is 0 Å².